The number of halogens is 1. The number of aromatic nitrogens is 2. The number of nitrogens with one attached hydrogen (secondary N) is 1. The largest absolute Gasteiger partial charge is 0.352 e. The third-order valence-corrected chi connectivity index (χ3v) is 3.73. The van der Waals surface area contributed by atoms with Crippen molar-refractivity contribution < 1.29 is 4.79 Å². The van der Waals surface area contributed by atoms with Gasteiger partial charge in [0.25, 0.3) is 0 Å². The van der Waals surface area contributed by atoms with Crippen molar-refractivity contribution >= 4 is 17.5 Å². The first-order chi connectivity index (χ1) is 8.70. The highest BCUT2D eigenvalue weighted by Crippen LogP contribution is 2.19. The summed E-state index contributed by atoms with van der Waals surface area (Å²) in [6.07, 6.45) is 9.91. The molecule has 1 fully saturated rings. The summed E-state index contributed by atoms with van der Waals surface area (Å²) >= 11 is 5.84. The summed E-state index contributed by atoms with van der Waals surface area (Å²) in [4.78, 5) is 12.2. The Morgan fingerprint density at radius 3 is 2.83 bits per heavy atom. The average molecular weight is 270 g/mol. The van der Waals surface area contributed by atoms with E-state index in [9.17, 15) is 4.79 Å². The van der Waals surface area contributed by atoms with Gasteiger partial charge in [-0.3, -0.25) is 9.48 Å². The van der Waals surface area contributed by atoms with Crippen LogP contribution >= 0.6 is 11.6 Å². The van der Waals surface area contributed by atoms with E-state index in [1.54, 1.807) is 17.1 Å². The van der Waals surface area contributed by atoms with Crippen LogP contribution in [-0.2, 0) is 4.79 Å². The predicted octanol–water partition coefficient (Wildman–Crippen LogP) is 2.94. The molecule has 0 saturated heterocycles. The lowest BCUT2D eigenvalue weighted by atomic mass is 9.95. The van der Waals surface area contributed by atoms with Crippen molar-refractivity contribution in [2.24, 2.45) is 0 Å². The summed E-state index contributed by atoms with van der Waals surface area (Å²) in [7, 11) is 0. The fraction of sp³-hybridized carbons (Fsp3) is 0.692. The number of rotatable bonds is 4. The molecule has 1 amide bonds. The lowest BCUT2D eigenvalue weighted by Crippen LogP contribution is -2.40. The molecule has 1 atom stereocenters. The Bertz CT molecular complexity index is 399. The fourth-order valence-electron chi connectivity index (χ4n) is 2.52. The van der Waals surface area contributed by atoms with Gasteiger partial charge in [0.1, 0.15) is 6.04 Å². The van der Waals surface area contributed by atoms with Gasteiger partial charge in [-0.25, -0.2) is 0 Å². The Balaban J connectivity index is 1.96. The van der Waals surface area contributed by atoms with Gasteiger partial charge in [0, 0.05) is 12.2 Å². The lowest BCUT2D eigenvalue weighted by Gasteiger charge is -2.25. The first kappa shape index (κ1) is 13.4. The standard InChI is InChI=1S/C13H20ClN3O/c1-2-12(17-9-10(14)8-15-17)13(18)16-11-6-4-3-5-7-11/h8-9,11-12H,2-7H2,1H3,(H,16,18). The first-order valence-electron chi connectivity index (χ1n) is 6.70. The molecule has 1 aromatic rings. The van der Waals surface area contributed by atoms with E-state index in [4.69, 9.17) is 11.6 Å². The van der Waals surface area contributed by atoms with E-state index in [0.29, 0.717) is 11.1 Å². The van der Waals surface area contributed by atoms with Crippen molar-refractivity contribution in [1.82, 2.24) is 15.1 Å². The smallest absolute Gasteiger partial charge is 0.245 e. The molecule has 4 nitrogen and oxygen atoms in total. The van der Waals surface area contributed by atoms with Crippen molar-refractivity contribution in [2.45, 2.75) is 57.5 Å². The molecule has 0 aromatic carbocycles. The van der Waals surface area contributed by atoms with E-state index in [0.717, 1.165) is 19.3 Å². The summed E-state index contributed by atoms with van der Waals surface area (Å²) in [6.45, 7) is 1.99. The van der Waals surface area contributed by atoms with Crippen LogP contribution in [-0.4, -0.2) is 21.7 Å². The van der Waals surface area contributed by atoms with Crippen molar-refractivity contribution in [3.8, 4) is 0 Å². The van der Waals surface area contributed by atoms with E-state index in [-0.39, 0.29) is 11.9 Å². The quantitative estimate of drug-likeness (QED) is 0.914. The van der Waals surface area contributed by atoms with E-state index in [1.165, 1.54) is 19.3 Å². The zero-order chi connectivity index (χ0) is 13.0. The van der Waals surface area contributed by atoms with Crippen LogP contribution in [0.2, 0.25) is 5.02 Å². The Hall–Kier alpha value is -1.03. The van der Waals surface area contributed by atoms with E-state index in [2.05, 4.69) is 10.4 Å². The van der Waals surface area contributed by atoms with Gasteiger partial charge in [-0.15, -0.1) is 0 Å². The van der Waals surface area contributed by atoms with Gasteiger partial charge in [-0.2, -0.15) is 5.10 Å². The molecular weight excluding hydrogens is 250 g/mol. The fourth-order valence-corrected chi connectivity index (χ4v) is 2.67. The Labute approximate surface area is 113 Å². The van der Waals surface area contributed by atoms with Crippen LogP contribution in [0.4, 0.5) is 0 Å². The van der Waals surface area contributed by atoms with Gasteiger partial charge >= 0.3 is 0 Å². The van der Waals surface area contributed by atoms with E-state index in [1.807, 2.05) is 6.92 Å². The van der Waals surface area contributed by atoms with Gasteiger partial charge < -0.3 is 5.32 Å². The van der Waals surface area contributed by atoms with Crippen molar-refractivity contribution in [1.29, 1.82) is 0 Å². The minimum atomic E-state index is -0.251. The normalized spacial score (nSPS) is 18.6. The summed E-state index contributed by atoms with van der Waals surface area (Å²) < 4.78 is 1.65. The maximum absolute atomic E-state index is 12.2. The molecule has 100 valence electrons. The van der Waals surface area contributed by atoms with Crippen LogP contribution in [0.5, 0.6) is 0 Å². The molecule has 1 aliphatic rings. The van der Waals surface area contributed by atoms with Gasteiger partial charge in [-0.05, 0) is 19.3 Å². The number of hydrogen-bond donors (Lipinski definition) is 1. The second-order valence-electron chi connectivity index (χ2n) is 4.91. The molecule has 2 rings (SSSR count). The highest BCUT2D eigenvalue weighted by Gasteiger charge is 2.23. The highest BCUT2D eigenvalue weighted by molar-refractivity contribution is 6.30. The molecule has 0 aliphatic heterocycles. The molecular formula is C13H20ClN3O. The Morgan fingerprint density at radius 2 is 2.28 bits per heavy atom. The Morgan fingerprint density at radius 1 is 1.56 bits per heavy atom. The molecule has 0 bridgehead atoms. The average Bonchev–Trinajstić information content (AvgIpc) is 2.78. The molecule has 18 heavy (non-hydrogen) atoms. The molecule has 5 heteroatoms. The van der Waals surface area contributed by atoms with Gasteiger partial charge in [0.2, 0.25) is 5.91 Å². The number of carbonyl (C=O) groups is 1. The van der Waals surface area contributed by atoms with Gasteiger partial charge in [0.05, 0.1) is 11.2 Å². The number of hydrogen-bond acceptors (Lipinski definition) is 2. The maximum Gasteiger partial charge on any atom is 0.245 e. The molecule has 1 heterocycles. The second-order valence-corrected chi connectivity index (χ2v) is 5.34. The molecule has 1 saturated carbocycles. The zero-order valence-corrected chi connectivity index (χ0v) is 11.5. The lowest BCUT2D eigenvalue weighted by molar-refractivity contribution is -0.125. The van der Waals surface area contributed by atoms with Crippen LogP contribution in [0.25, 0.3) is 0 Å². The van der Waals surface area contributed by atoms with Crippen LogP contribution in [0.1, 0.15) is 51.5 Å². The Kier molecular flexibility index (Phi) is 4.64. The van der Waals surface area contributed by atoms with E-state index >= 15 is 0 Å². The molecule has 0 radical (unpaired) electrons. The topological polar surface area (TPSA) is 46.9 Å². The highest BCUT2D eigenvalue weighted by atomic mass is 35.5. The minimum Gasteiger partial charge on any atom is -0.352 e. The molecule has 1 aromatic heterocycles. The minimum absolute atomic E-state index is 0.0594. The summed E-state index contributed by atoms with van der Waals surface area (Å²) in [6, 6.07) is 0.0887. The van der Waals surface area contributed by atoms with Gasteiger partial charge in [0.15, 0.2) is 0 Å². The van der Waals surface area contributed by atoms with Crippen LogP contribution in [0.15, 0.2) is 12.4 Å². The number of nitrogens with zero attached hydrogens (tertiary/aromatic N) is 2. The third-order valence-electron chi connectivity index (χ3n) is 3.53. The van der Waals surface area contributed by atoms with Crippen molar-refractivity contribution in [3.63, 3.8) is 0 Å². The molecule has 1 aliphatic carbocycles. The third kappa shape index (κ3) is 3.25. The number of carbonyl (C=O) groups excluding carboxylic acids is 1. The second kappa shape index (κ2) is 6.23. The van der Waals surface area contributed by atoms with Crippen LogP contribution < -0.4 is 5.32 Å². The van der Waals surface area contributed by atoms with Crippen molar-refractivity contribution in [2.75, 3.05) is 0 Å². The van der Waals surface area contributed by atoms with E-state index < -0.39 is 0 Å². The molecule has 1 unspecified atom stereocenters. The van der Waals surface area contributed by atoms with Crippen LogP contribution in [0, 0.1) is 0 Å². The predicted molar refractivity (Wildman–Crippen MR) is 71.6 cm³/mol. The van der Waals surface area contributed by atoms with Gasteiger partial charge in [-0.1, -0.05) is 37.8 Å². The van der Waals surface area contributed by atoms with Crippen molar-refractivity contribution in [3.05, 3.63) is 17.4 Å². The summed E-state index contributed by atoms with van der Waals surface area (Å²) in [5, 5.41) is 7.83. The molecule has 1 N–H and O–H groups in total. The zero-order valence-electron chi connectivity index (χ0n) is 10.7. The SMILES string of the molecule is CCC(C(=O)NC1CCCCC1)n1cc(Cl)cn1. The first-order valence-corrected chi connectivity index (χ1v) is 7.08. The summed E-state index contributed by atoms with van der Waals surface area (Å²) in [5.41, 5.74) is 0. The monoisotopic (exact) mass is 269 g/mol. The van der Waals surface area contributed by atoms with Crippen LogP contribution in [0.3, 0.4) is 0 Å². The molecule has 0 spiro atoms. The number of amides is 1. The summed E-state index contributed by atoms with van der Waals surface area (Å²) in [5.74, 6) is 0.0594. The maximum atomic E-state index is 12.2.